The van der Waals surface area contributed by atoms with Gasteiger partial charge in [0.15, 0.2) is 17.3 Å². The number of furan rings is 1. The van der Waals surface area contributed by atoms with Gasteiger partial charge in [-0.3, -0.25) is 0 Å². The number of pyridine rings is 2. The number of hydrogen-bond donors (Lipinski definition) is 0. The van der Waals surface area contributed by atoms with Crippen molar-refractivity contribution in [3.63, 3.8) is 0 Å². The molecule has 13 rings (SSSR count). The molecule has 0 N–H and O–H groups in total. The summed E-state index contributed by atoms with van der Waals surface area (Å²) < 4.78 is 21.5. The van der Waals surface area contributed by atoms with Gasteiger partial charge in [-0.25, -0.2) is 0 Å². The predicted octanol–water partition coefficient (Wildman–Crippen LogP) is 9.78. The first-order valence-electron chi connectivity index (χ1n) is 17.1. The number of para-hydroxylation sites is 1. The van der Waals surface area contributed by atoms with Crippen molar-refractivity contribution in [3.05, 3.63) is 163 Å². The van der Waals surface area contributed by atoms with Gasteiger partial charge in [0.1, 0.15) is 34.1 Å². The minimum Gasteiger partial charge on any atom is -0.456 e. The van der Waals surface area contributed by atoms with Crippen molar-refractivity contribution in [2.24, 2.45) is 0 Å². The van der Waals surface area contributed by atoms with E-state index < -0.39 is 5.66 Å². The number of benzene rings is 6. The maximum atomic E-state index is 7.03. The van der Waals surface area contributed by atoms with Crippen LogP contribution in [0.5, 0.6) is 11.5 Å². The van der Waals surface area contributed by atoms with Crippen LogP contribution >= 0.6 is 0 Å². The van der Waals surface area contributed by atoms with Gasteiger partial charge in [-0.2, -0.15) is 9.13 Å². The Kier molecular flexibility index (Phi) is 4.28. The van der Waals surface area contributed by atoms with Crippen molar-refractivity contribution in [1.82, 2.24) is 4.57 Å². The fourth-order valence-corrected chi connectivity index (χ4v) is 9.67. The zero-order valence-corrected chi connectivity index (χ0v) is 26.6. The minimum atomic E-state index is -0.722. The average Bonchev–Trinajstić information content (AvgIpc) is 3.85. The standard InChI is InChI=1S/C45H25N3O2/c1-3-12-26(13-4-1)43-36-30-21-23-33-39-38(30)41-31(37(36)44(50-43)27-14-5-2-6-15-27)17-11-25-47(41)45(39)40-34(49-33)22-20-29-28-16-7-8-18-32(28)48(42(29)40)35-19-9-10-24-46(35)45/h1-25H/q+2. The van der Waals surface area contributed by atoms with Crippen molar-refractivity contribution in [1.29, 1.82) is 0 Å². The summed E-state index contributed by atoms with van der Waals surface area (Å²) in [6, 6.07) is 49.7. The van der Waals surface area contributed by atoms with Crippen LogP contribution in [0.4, 0.5) is 0 Å². The van der Waals surface area contributed by atoms with E-state index in [1.807, 2.05) is 0 Å². The molecule has 0 radical (unpaired) electrons. The number of ether oxygens (including phenoxy) is 1. The van der Waals surface area contributed by atoms with Gasteiger partial charge < -0.3 is 9.15 Å². The predicted molar refractivity (Wildman–Crippen MR) is 195 cm³/mol. The lowest BCUT2D eigenvalue weighted by atomic mass is 9.83. The second-order valence-corrected chi connectivity index (χ2v) is 13.6. The number of aromatic nitrogens is 3. The van der Waals surface area contributed by atoms with Crippen LogP contribution in [0.25, 0.3) is 82.7 Å². The second kappa shape index (κ2) is 8.46. The summed E-state index contributed by atoms with van der Waals surface area (Å²) in [5, 5.41) is 8.25. The highest BCUT2D eigenvalue weighted by Crippen LogP contribution is 2.58. The maximum Gasteiger partial charge on any atom is 0.374 e. The van der Waals surface area contributed by atoms with Gasteiger partial charge in [0.05, 0.1) is 17.0 Å². The largest absolute Gasteiger partial charge is 0.456 e. The first-order valence-corrected chi connectivity index (χ1v) is 17.1. The van der Waals surface area contributed by atoms with E-state index in [0.29, 0.717) is 0 Å². The molecule has 0 saturated carbocycles. The van der Waals surface area contributed by atoms with Crippen molar-refractivity contribution in [3.8, 4) is 40.0 Å². The van der Waals surface area contributed by atoms with Crippen LogP contribution < -0.4 is 13.9 Å². The molecule has 230 valence electrons. The molecule has 1 spiro atoms. The quantitative estimate of drug-likeness (QED) is 0.139. The molecule has 4 aromatic heterocycles. The molecule has 0 fully saturated rings. The molecule has 1 atom stereocenters. The van der Waals surface area contributed by atoms with Crippen molar-refractivity contribution >= 4 is 54.3 Å². The second-order valence-electron chi connectivity index (χ2n) is 13.6. The molecule has 0 aliphatic carbocycles. The molecule has 10 aromatic rings. The molecule has 5 heteroatoms. The van der Waals surface area contributed by atoms with Crippen LogP contribution in [-0.4, -0.2) is 4.57 Å². The molecule has 0 amide bonds. The first kappa shape index (κ1) is 25.3. The van der Waals surface area contributed by atoms with Crippen LogP contribution in [0.3, 0.4) is 0 Å². The van der Waals surface area contributed by atoms with E-state index >= 15 is 0 Å². The lowest BCUT2D eigenvalue weighted by molar-refractivity contribution is -0.956. The van der Waals surface area contributed by atoms with Crippen LogP contribution in [0.1, 0.15) is 11.1 Å². The van der Waals surface area contributed by atoms with Crippen molar-refractivity contribution < 1.29 is 18.3 Å². The maximum absolute atomic E-state index is 7.03. The van der Waals surface area contributed by atoms with Gasteiger partial charge >= 0.3 is 5.66 Å². The molecule has 3 aliphatic heterocycles. The van der Waals surface area contributed by atoms with E-state index in [-0.39, 0.29) is 0 Å². The summed E-state index contributed by atoms with van der Waals surface area (Å²) in [4.78, 5) is 0. The Balaban J connectivity index is 1.30. The molecule has 3 aliphatic rings. The fourth-order valence-electron chi connectivity index (χ4n) is 9.67. The molecular weight excluding hydrogens is 615 g/mol. The topological polar surface area (TPSA) is 35.1 Å². The van der Waals surface area contributed by atoms with E-state index in [0.717, 1.165) is 61.5 Å². The highest BCUT2D eigenvalue weighted by Gasteiger charge is 2.66. The fraction of sp³-hybridized carbons (Fsp3) is 0.0222. The number of nitrogens with zero attached hydrogens (tertiary/aromatic N) is 3. The SMILES string of the molecule is c1ccc(-c2oc(-c3ccccc3)c3c4ccc[n+]5c4c4c6c(ccc4c23)Oc2ccc3c4ccccc4n4c3c2C65[n+]2ccccc2-4)cc1. The van der Waals surface area contributed by atoms with Gasteiger partial charge in [0, 0.05) is 50.2 Å². The van der Waals surface area contributed by atoms with Gasteiger partial charge in [-0.15, -0.1) is 4.57 Å². The average molecular weight is 640 g/mol. The third kappa shape index (κ3) is 2.64. The summed E-state index contributed by atoms with van der Waals surface area (Å²) in [5.41, 5.74) is 7.30. The van der Waals surface area contributed by atoms with Gasteiger partial charge in [0.25, 0.3) is 5.82 Å². The monoisotopic (exact) mass is 639 g/mol. The van der Waals surface area contributed by atoms with Gasteiger partial charge in [-0.05, 0) is 48.5 Å². The molecule has 7 heterocycles. The molecule has 50 heavy (non-hydrogen) atoms. The molecule has 6 aromatic carbocycles. The molecule has 0 bridgehead atoms. The number of rotatable bonds is 2. The highest BCUT2D eigenvalue weighted by atomic mass is 16.5. The minimum absolute atomic E-state index is 0.722. The van der Waals surface area contributed by atoms with Crippen LogP contribution in [0, 0.1) is 0 Å². The van der Waals surface area contributed by atoms with Crippen molar-refractivity contribution in [2.45, 2.75) is 5.66 Å². The Labute approximate surface area is 285 Å². The van der Waals surface area contributed by atoms with Crippen LogP contribution in [0.15, 0.2) is 156 Å². The summed E-state index contributed by atoms with van der Waals surface area (Å²) in [6.07, 6.45) is 4.52. The lowest BCUT2D eigenvalue weighted by Crippen LogP contribution is -2.75. The van der Waals surface area contributed by atoms with Gasteiger partial charge in [-0.1, -0.05) is 78.9 Å². The zero-order valence-electron chi connectivity index (χ0n) is 26.6. The van der Waals surface area contributed by atoms with Gasteiger partial charge in [0.2, 0.25) is 5.52 Å². The lowest BCUT2D eigenvalue weighted by Gasteiger charge is -2.34. The molecule has 1 unspecified atom stereocenters. The Morgan fingerprint density at radius 2 is 1.12 bits per heavy atom. The smallest absolute Gasteiger partial charge is 0.374 e. The van der Waals surface area contributed by atoms with E-state index in [1.54, 1.807) is 0 Å². The molecular formula is C45H25N3O2+2. The summed E-state index contributed by atoms with van der Waals surface area (Å²) >= 11 is 0. The summed E-state index contributed by atoms with van der Waals surface area (Å²) in [5.74, 6) is 4.66. The van der Waals surface area contributed by atoms with E-state index in [4.69, 9.17) is 9.15 Å². The summed E-state index contributed by atoms with van der Waals surface area (Å²) in [6.45, 7) is 0. The summed E-state index contributed by atoms with van der Waals surface area (Å²) in [7, 11) is 0. The van der Waals surface area contributed by atoms with E-state index in [1.165, 1.54) is 43.8 Å². The van der Waals surface area contributed by atoms with E-state index in [2.05, 4.69) is 166 Å². The first-order chi connectivity index (χ1) is 24.8. The third-order valence-corrected chi connectivity index (χ3v) is 11.4. The molecule has 5 nitrogen and oxygen atoms in total. The van der Waals surface area contributed by atoms with Crippen LogP contribution in [-0.2, 0) is 5.66 Å². The third-order valence-electron chi connectivity index (χ3n) is 11.4. The number of hydrogen-bond acceptors (Lipinski definition) is 2. The number of fused-ring (bicyclic) bond motifs is 8. The zero-order chi connectivity index (χ0) is 32.3. The Morgan fingerprint density at radius 1 is 0.480 bits per heavy atom. The highest BCUT2D eigenvalue weighted by molar-refractivity contribution is 6.31. The Hall–Kier alpha value is -6.72. The molecule has 0 saturated heterocycles. The van der Waals surface area contributed by atoms with E-state index in [9.17, 15) is 0 Å². The normalized spacial score (nSPS) is 16.2. The Morgan fingerprint density at radius 3 is 1.92 bits per heavy atom. The van der Waals surface area contributed by atoms with Crippen molar-refractivity contribution in [2.75, 3.05) is 0 Å². The Bertz CT molecular complexity index is 3180. The van der Waals surface area contributed by atoms with Crippen LogP contribution in [0.2, 0.25) is 0 Å².